The first-order valence-electron chi connectivity index (χ1n) is 14.4. The minimum absolute atomic E-state index is 0.0329. The molecular formula is C29H48N4O3. The van der Waals surface area contributed by atoms with Crippen molar-refractivity contribution in [2.75, 3.05) is 62.7 Å². The minimum atomic E-state index is -0.0693. The first-order valence-corrected chi connectivity index (χ1v) is 14.4. The molecule has 0 radical (unpaired) electrons. The number of anilines is 2. The lowest BCUT2D eigenvalue weighted by atomic mass is 10.1. The SMILES string of the molecule is CCCCCCCCCCCC(=O)Nc1ccc(N2CCCC2)c(C(=O)NCCN2CCOCC2)c1. The number of hydrogen-bond donors (Lipinski definition) is 2. The molecule has 2 N–H and O–H groups in total. The van der Waals surface area contributed by atoms with Gasteiger partial charge in [0, 0.05) is 57.1 Å². The van der Waals surface area contributed by atoms with Gasteiger partial charge in [-0.25, -0.2) is 0 Å². The van der Waals surface area contributed by atoms with Crippen LogP contribution in [0.1, 0.15) is 94.3 Å². The van der Waals surface area contributed by atoms with Crippen LogP contribution in [0.4, 0.5) is 11.4 Å². The summed E-state index contributed by atoms with van der Waals surface area (Å²) >= 11 is 0. The van der Waals surface area contributed by atoms with Crippen LogP contribution < -0.4 is 15.5 Å². The second-order valence-corrected chi connectivity index (χ2v) is 10.3. The van der Waals surface area contributed by atoms with Crippen molar-refractivity contribution in [2.45, 2.75) is 84.0 Å². The van der Waals surface area contributed by atoms with Crippen LogP contribution in [0.25, 0.3) is 0 Å². The summed E-state index contributed by atoms with van der Waals surface area (Å²) in [5.74, 6) is -0.0364. The van der Waals surface area contributed by atoms with E-state index in [0.29, 0.717) is 24.2 Å². The van der Waals surface area contributed by atoms with Crippen LogP contribution in [0.2, 0.25) is 0 Å². The maximum Gasteiger partial charge on any atom is 0.253 e. The maximum atomic E-state index is 13.2. The first-order chi connectivity index (χ1) is 17.7. The number of benzene rings is 1. The highest BCUT2D eigenvalue weighted by Crippen LogP contribution is 2.28. The van der Waals surface area contributed by atoms with Crippen LogP contribution in [0, 0.1) is 0 Å². The molecule has 36 heavy (non-hydrogen) atoms. The van der Waals surface area contributed by atoms with Crippen LogP contribution in [-0.2, 0) is 9.53 Å². The molecule has 2 amide bonds. The third-order valence-electron chi connectivity index (χ3n) is 7.30. The summed E-state index contributed by atoms with van der Waals surface area (Å²) in [5, 5.41) is 6.13. The van der Waals surface area contributed by atoms with Gasteiger partial charge in [-0.3, -0.25) is 14.5 Å². The molecule has 7 heteroatoms. The van der Waals surface area contributed by atoms with Gasteiger partial charge in [0.2, 0.25) is 5.91 Å². The molecule has 0 aromatic heterocycles. The van der Waals surface area contributed by atoms with E-state index in [-0.39, 0.29) is 11.8 Å². The summed E-state index contributed by atoms with van der Waals surface area (Å²) < 4.78 is 5.40. The van der Waals surface area contributed by atoms with Crippen molar-refractivity contribution < 1.29 is 14.3 Å². The van der Waals surface area contributed by atoms with Crippen LogP contribution in [0.5, 0.6) is 0 Å². The number of morpholine rings is 1. The van der Waals surface area contributed by atoms with Crippen LogP contribution in [0.3, 0.4) is 0 Å². The Kier molecular flexibility index (Phi) is 13.1. The molecule has 2 aliphatic rings. The molecule has 2 heterocycles. The van der Waals surface area contributed by atoms with Crippen molar-refractivity contribution in [2.24, 2.45) is 0 Å². The van der Waals surface area contributed by atoms with Crippen molar-refractivity contribution in [3.8, 4) is 0 Å². The van der Waals surface area contributed by atoms with Gasteiger partial charge in [-0.2, -0.15) is 0 Å². The molecule has 2 fully saturated rings. The second-order valence-electron chi connectivity index (χ2n) is 10.3. The number of rotatable bonds is 16. The third kappa shape index (κ3) is 10.1. The average molecular weight is 501 g/mol. The predicted molar refractivity (Wildman–Crippen MR) is 148 cm³/mol. The Balaban J connectivity index is 1.46. The molecule has 7 nitrogen and oxygen atoms in total. The topological polar surface area (TPSA) is 73.9 Å². The Morgan fingerprint density at radius 1 is 0.889 bits per heavy atom. The third-order valence-corrected chi connectivity index (χ3v) is 7.30. The Bertz CT molecular complexity index is 789. The Hall–Kier alpha value is -2.12. The van der Waals surface area contributed by atoms with E-state index in [1.54, 1.807) is 0 Å². The van der Waals surface area contributed by atoms with Gasteiger partial charge < -0.3 is 20.3 Å². The van der Waals surface area contributed by atoms with Crippen molar-refractivity contribution >= 4 is 23.2 Å². The van der Waals surface area contributed by atoms with Crippen molar-refractivity contribution in [1.82, 2.24) is 10.2 Å². The maximum absolute atomic E-state index is 13.2. The molecule has 0 unspecified atom stereocenters. The van der Waals surface area contributed by atoms with E-state index in [2.05, 4.69) is 27.4 Å². The molecule has 2 aliphatic heterocycles. The molecule has 202 valence electrons. The van der Waals surface area contributed by atoms with Gasteiger partial charge in [-0.1, -0.05) is 58.3 Å². The molecular weight excluding hydrogens is 452 g/mol. The van der Waals surface area contributed by atoms with Gasteiger partial charge in [0.15, 0.2) is 0 Å². The number of nitrogens with zero attached hydrogens (tertiary/aromatic N) is 2. The van der Waals surface area contributed by atoms with Gasteiger partial charge in [0.25, 0.3) is 5.91 Å². The summed E-state index contributed by atoms with van der Waals surface area (Å²) in [6.45, 7) is 8.95. The lowest BCUT2D eigenvalue weighted by Crippen LogP contribution is -2.41. The summed E-state index contributed by atoms with van der Waals surface area (Å²) in [6, 6.07) is 5.79. The molecule has 0 atom stereocenters. The fraction of sp³-hybridized carbons (Fsp3) is 0.724. The predicted octanol–water partition coefficient (Wildman–Crippen LogP) is 5.21. The van der Waals surface area contributed by atoms with Crippen molar-refractivity contribution in [1.29, 1.82) is 0 Å². The summed E-state index contributed by atoms with van der Waals surface area (Å²) in [4.78, 5) is 30.3. The smallest absolute Gasteiger partial charge is 0.253 e. The van der Waals surface area contributed by atoms with Crippen LogP contribution in [-0.4, -0.2) is 69.2 Å². The van der Waals surface area contributed by atoms with E-state index in [1.165, 1.54) is 44.9 Å². The second kappa shape index (κ2) is 16.6. The van der Waals surface area contributed by atoms with Crippen LogP contribution in [0.15, 0.2) is 18.2 Å². The summed E-state index contributed by atoms with van der Waals surface area (Å²) in [6.07, 6.45) is 14.0. The molecule has 0 saturated carbocycles. The molecule has 1 aromatic carbocycles. The van der Waals surface area contributed by atoms with Gasteiger partial charge in [0.05, 0.1) is 18.8 Å². The number of unbranched alkanes of at least 4 members (excludes halogenated alkanes) is 8. The standard InChI is InChI=1S/C29H48N4O3/c1-2-3-4-5-6-7-8-9-10-13-28(34)31-25-14-15-27(33-17-11-12-18-33)26(24-25)29(35)30-16-19-32-20-22-36-23-21-32/h14-15,24H,2-13,16-23H2,1H3,(H,30,35)(H,31,34). The van der Waals surface area contributed by atoms with Gasteiger partial charge in [-0.15, -0.1) is 0 Å². The number of carbonyl (C=O) groups excluding carboxylic acids is 2. The van der Waals surface area contributed by atoms with Gasteiger partial charge in [-0.05, 0) is 37.5 Å². The van der Waals surface area contributed by atoms with Crippen LogP contribution >= 0.6 is 0 Å². The van der Waals surface area contributed by atoms with E-state index in [1.807, 2.05) is 18.2 Å². The number of hydrogen-bond acceptors (Lipinski definition) is 5. The highest BCUT2D eigenvalue weighted by atomic mass is 16.5. The lowest BCUT2D eigenvalue weighted by molar-refractivity contribution is -0.116. The van der Waals surface area contributed by atoms with E-state index in [9.17, 15) is 9.59 Å². The number of ether oxygens (including phenoxy) is 1. The quantitative estimate of drug-likeness (QED) is 0.305. The Labute approximate surface area is 218 Å². The fourth-order valence-corrected chi connectivity index (χ4v) is 5.10. The molecule has 2 saturated heterocycles. The molecule has 0 spiro atoms. The van der Waals surface area contributed by atoms with E-state index in [0.717, 1.165) is 77.3 Å². The fourth-order valence-electron chi connectivity index (χ4n) is 5.10. The lowest BCUT2D eigenvalue weighted by Gasteiger charge is -2.26. The van der Waals surface area contributed by atoms with Gasteiger partial charge >= 0.3 is 0 Å². The highest BCUT2D eigenvalue weighted by Gasteiger charge is 2.21. The molecule has 1 aromatic rings. The largest absolute Gasteiger partial charge is 0.379 e. The monoisotopic (exact) mass is 500 g/mol. The zero-order valence-corrected chi connectivity index (χ0v) is 22.5. The summed E-state index contributed by atoms with van der Waals surface area (Å²) in [7, 11) is 0. The number of carbonyl (C=O) groups is 2. The van der Waals surface area contributed by atoms with E-state index >= 15 is 0 Å². The zero-order chi connectivity index (χ0) is 25.4. The minimum Gasteiger partial charge on any atom is -0.379 e. The van der Waals surface area contributed by atoms with Crippen molar-refractivity contribution in [3.63, 3.8) is 0 Å². The normalized spacial score (nSPS) is 16.3. The average Bonchev–Trinajstić information content (AvgIpc) is 3.43. The molecule has 0 bridgehead atoms. The number of amides is 2. The highest BCUT2D eigenvalue weighted by molar-refractivity contribution is 6.02. The van der Waals surface area contributed by atoms with E-state index < -0.39 is 0 Å². The molecule has 3 rings (SSSR count). The Morgan fingerprint density at radius 3 is 2.25 bits per heavy atom. The Morgan fingerprint density at radius 2 is 1.56 bits per heavy atom. The zero-order valence-electron chi connectivity index (χ0n) is 22.5. The van der Waals surface area contributed by atoms with Gasteiger partial charge in [0.1, 0.15) is 0 Å². The first kappa shape index (κ1) is 28.5. The number of nitrogens with one attached hydrogen (secondary N) is 2. The summed E-state index contributed by atoms with van der Waals surface area (Å²) in [5.41, 5.74) is 2.32. The van der Waals surface area contributed by atoms with Crippen molar-refractivity contribution in [3.05, 3.63) is 23.8 Å². The van der Waals surface area contributed by atoms with E-state index in [4.69, 9.17) is 4.74 Å². The molecule has 0 aliphatic carbocycles.